The van der Waals surface area contributed by atoms with Crippen molar-refractivity contribution in [3.05, 3.63) is 0 Å². The Morgan fingerprint density at radius 3 is 2.91 bits per heavy atom. The van der Waals surface area contributed by atoms with Crippen molar-refractivity contribution in [1.29, 1.82) is 0 Å². The highest BCUT2D eigenvalue weighted by atomic mass is 16.5. The van der Waals surface area contributed by atoms with E-state index in [4.69, 9.17) is 9.73 Å². The summed E-state index contributed by atoms with van der Waals surface area (Å²) in [5, 5.41) is 3.52. The van der Waals surface area contributed by atoms with Crippen LogP contribution in [0.5, 0.6) is 0 Å². The molecular formula is C18H34N4O. The SMILES string of the molecule is CCNC(=NCC1CCCCN1CC)N1CCC2(CCOC2)C1. The lowest BCUT2D eigenvalue weighted by Gasteiger charge is -2.34. The van der Waals surface area contributed by atoms with Crippen LogP contribution in [0.25, 0.3) is 0 Å². The molecule has 1 spiro atoms. The van der Waals surface area contributed by atoms with Crippen LogP contribution >= 0.6 is 0 Å². The van der Waals surface area contributed by atoms with Crippen LogP contribution in [0.15, 0.2) is 4.99 Å². The van der Waals surface area contributed by atoms with E-state index in [1.165, 1.54) is 38.6 Å². The summed E-state index contributed by atoms with van der Waals surface area (Å²) in [5.74, 6) is 1.12. The Balaban J connectivity index is 1.61. The molecule has 3 heterocycles. The molecule has 0 aromatic carbocycles. The van der Waals surface area contributed by atoms with Crippen molar-refractivity contribution >= 4 is 5.96 Å². The predicted octanol–water partition coefficient (Wildman–Crippen LogP) is 1.94. The third kappa shape index (κ3) is 4.00. The second-order valence-corrected chi connectivity index (χ2v) is 7.45. The number of nitrogens with one attached hydrogen (secondary N) is 1. The minimum Gasteiger partial charge on any atom is -0.381 e. The van der Waals surface area contributed by atoms with Crippen LogP contribution in [0, 0.1) is 5.41 Å². The van der Waals surface area contributed by atoms with E-state index in [1.807, 2.05) is 0 Å². The number of piperidine rings is 1. The molecule has 0 radical (unpaired) electrons. The highest BCUT2D eigenvalue weighted by Gasteiger charge is 2.42. The first-order chi connectivity index (χ1) is 11.3. The first-order valence-electron chi connectivity index (χ1n) is 9.61. The van der Waals surface area contributed by atoms with Gasteiger partial charge in [-0.05, 0) is 45.7 Å². The second kappa shape index (κ2) is 7.84. The predicted molar refractivity (Wildman–Crippen MR) is 94.9 cm³/mol. The van der Waals surface area contributed by atoms with Crippen LogP contribution in [-0.4, -0.2) is 74.3 Å². The number of guanidine groups is 1. The van der Waals surface area contributed by atoms with Gasteiger partial charge in [0.15, 0.2) is 5.96 Å². The first kappa shape index (κ1) is 17.0. The summed E-state index contributed by atoms with van der Waals surface area (Å²) in [6.45, 7) is 12.8. The number of nitrogens with zero attached hydrogens (tertiary/aromatic N) is 3. The lowest BCUT2D eigenvalue weighted by molar-refractivity contribution is 0.156. The average Bonchev–Trinajstić information content (AvgIpc) is 3.22. The van der Waals surface area contributed by atoms with Gasteiger partial charge in [-0.2, -0.15) is 0 Å². The topological polar surface area (TPSA) is 40.1 Å². The smallest absolute Gasteiger partial charge is 0.193 e. The Labute approximate surface area is 141 Å². The lowest BCUT2D eigenvalue weighted by atomic mass is 9.87. The fourth-order valence-electron chi connectivity index (χ4n) is 4.39. The maximum atomic E-state index is 5.66. The zero-order chi connectivity index (χ0) is 16.1. The first-order valence-corrected chi connectivity index (χ1v) is 9.61. The van der Waals surface area contributed by atoms with E-state index < -0.39 is 0 Å². The van der Waals surface area contributed by atoms with Crippen LogP contribution in [0.3, 0.4) is 0 Å². The zero-order valence-corrected chi connectivity index (χ0v) is 15.0. The second-order valence-electron chi connectivity index (χ2n) is 7.45. The van der Waals surface area contributed by atoms with Gasteiger partial charge in [0.1, 0.15) is 0 Å². The molecule has 0 bridgehead atoms. The Hall–Kier alpha value is -0.810. The molecule has 3 aliphatic rings. The zero-order valence-electron chi connectivity index (χ0n) is 15.0. The molecule has 1 N–H and O–H groups in total. The molecule has 0 saturated carbocycles. The van der Waals surface area contributed by atoms with Crippen LogP contribution in [0.4, 0.5) is 0 Å². The number of likely N-dealkylation sites (tertiary alicyclic amines) is 2. The van der Waals surface area contributed by atoms with Crippen molar-refractivity contribution in [3.63, 3.8) is 0 Å². The molecule has 2 atom stereocenters. The molecule has 3 fully saturated rings. The van der Waals surface area contributed by atoms with Crippen LogP contribution in [0.1, 0.15) is 46.0 Å². The summed E-state index contributed by atoms with van der Waals surface area (Å²) in [6, 6.07) is 0.633. The van der Waals surface area contributed by atoms with Gasteiger partial charge in [0.05, 0.1) is 13.2 Å². The van der Waals surface area contributed by atoms with Crippen molar-refractivity contribution in [2.45, 2.75) is 52.0 Å². The van der Waals surface area contributed by atoms with E-state index in [9.17, 15) is 0 Å². The minimum absolute atomic E-state index is 0.399. The van der Waals surface area contributed by atoms with Gasteiger partial charge in [-0.3, -0.25) is 9.89 Å². The molecule has 2 unspecified atom stereocenters. The van der Waals surface area contributed by atoms with Gasteiger partial charge in [-0.1, -0.05) is 13.3 Å². The molecule has 5 heteroatoms. The quantitative estimate of drug-likeness (QED) is 0.634. The molecule has 23 heavy (non-hydrogen) atoms. The van der Waals surface area contributed by atoms with E-state index in [-0.39, 0.29) is 0 Å². The Kier molecular flexibility index (Phi) is 5.81. The number of likely N-dealkylation sites (N-methyl/N-ethyl adjacent to an activating group) is 1. The van der Waals surface area contributed by atoms with Crippen LogP contribution in [0.2, 0.25) is 0 Å². The van der Waals surface area contributed by atoms with E-state index in [1.54, 1.807) is 0 Å². The maximum absolute atomic E-state index is 5.66. The van der Waals surface area contributed by atoms with Crippen LogP contribution < -0.4 is 5.32 Å². The third-order valence-electron chi connectivity index (χ3n) is 5.86. The van der Waals surface area contributed by atoms with Gasteiger partial charge in [0.2, 0.25) is 0 Å². The number of hydrogen-bond acceptors (Lipinski definition) is 3. The summed E-state index contributed by atoms with van der Waals surface area (Å²) in [6.07, 6.45) is 6.48. The van der Waals surface area contributed by atoms with Gasteiger partial charge in [-0.15, -0.1) is 0 Å². The van der Waals surface area contributed by atoms with E-state index in [0.717, 1.165) is 51.9 Å². The van der Waals surface area contributed by atoms with Crippen molar-refractivity contribution in [1.82, 2.24) is 15.1 Å². The van der Waals surface area contributed by atoms with E-state index >= 15 is 0 Å². The van der Waals surface area contributed by atoms with Gasteiger partial charge in [-0.25, -0.2) is 0 Å². The summed E-state index contributed by atoms with van der Waals surface area (Å²) in [4.78, 5) is 10.1. The van der Waals surface area contributed by atoms with E-state index in [2.05, 4.69) is 29.0 Å². The van der Waals surface area contributed by atoms with Crippen molar-refractivity contribution in [3.8, 4) is 0 Å². The molecule has 0 aliphatic carbocycles. The largest absolute Gasteiger partial charge is 0.381 e. The number of ether oxygens (including phenoxy) is 1. The standard InChI is InChI=1S/C18H34N4O/c1-3-19-17(20-13-16-7-5-6-10-21(16)4-2)22-11-8-18(14-22)9-12-23-15-18/h16H,3-15H2,1-2H3,(H,19,20). The number of hydrogen-bond donors (Lipinski definition) is 1. The average molecular weight is 322 g/mol. The molecule has 132 valence electrons. The lowest BCUT2D eigenvalue weighted by Crippen LogP contribution is -2.44. The third-order valence-corrected chi connectivity index (χ3v) is 5.86. The van der Waals surface area contributed by atoms with Gasteiger partial charge in [0, 0.05) is 37.7 Å². The van der Waals surface area contributed by atoms with Crippen molar-refractivity contribution in [2.24, 2.45) is 10.4 Å². The highest BCUT2D eigenvalue weighted by molar-refractivity contribution is 5.80. The molecule has 3 aliphatic heterocycles. The molecule has 3 rings (SSSR count). The van der Waals surface area contributed by atoms with Crippen molar-refractivity contribution < 1.29 is 4.74 Å². The monoisotopic (exact) mass is 322 g/mol. The van der Waals surface area contributed by atoms with E-state index in [0.29, 0.717) is 11.5 Å². The molecule has 0 aromatic heterocycles. The molecule has 0 aromatic rings. The molecule has 3 saturated heterocycles. The summed E-state index contributed by atoms with van der Waals surface area (Å²) < 4.78 is 5.66. The number of aliphatic imine (C=N–C) groups is 1. The molecule has 5 nitrogen and oxygen atoms in total. The Morgan fingerprint density at radius 2 is 2.17 bits per heavy atom. The van der Waals surface area contributed by atoms with Crippen LogP contribution in [-0.2, 0) is 4.74 Å². The fraction of sp³-hybridized carbons (Fsp3) is 0.944. The van der Waals surface area contributed by atoms with Gasteiger partial charge in [0.25, 0.3) is 0 Å². The Bertz CT molecular complexity index is 406. The minimum atomic E-state index is 0.399. The fourth-order valence-corrected chi connectivity index (χ4v) is 4.39. The summed E-state index contributed by atoms with van der Waals surface area (Å²) in [5.41, 5.74) is 0.399. The van der Waals surface area contributed by atoms with Crippen molar-refractivity contribution in [2.75, 3.05) is 52.5 Å². The Morgan fingerprint density at radius 1 is 1.26 bits per heavy atom. The van der Waals surface area contributed by atoms with Gasteiger partial charge >= 0.3 is 0 Å². The molecular weight excluding hydrogens is 288 g/mol. The molecule has 0 amide bonds. The maximum Gasteiger partial charge on any atom is 0.193 e. The van der Waals surface area contributed by atoms with Gasteiger partial charge < -0.3 is 15.0 Å². The highest BCUT2D eigenvalue weighted by Crippen LogP contribution is 2.38. The summed E-state index contributed by atoms with van der Waals surface area (Å²) >= 11 is 0. The summed E-state index contributed by atoms with van der Waals surface area (Å²) in [7, 11) is 0. The normalized spacial score (nSPS) is 32.9. The number of rotatable bonds is 4.